The van der Waals surface area contributed by atoms with Crippen LogP contribution in [0.25, 0.3) is 22.3 Å². The molecule has 0 radical (unpaired) electrons. The molecule has 0 amide bonds. The lowest BCUT2D eigenvalue weighted by Gasteiger charge is -2.36. The fourth-order valence-electron chi connectivity index (χ4n) is 4.52. The quantitative estimate of drug-likeness (QED) is 0.140. The fraction of sp³-hybridized carbons (Fsp3) is 0.621. The Bertz CT molecular complexity index is 1450. The smallest absolute Gasteiger partial charge is 0.265 e. The molecule has 42 heavy (non-hydrogen) atoms. The molecule has 3 aromatic rings. The van der Waals surface area contributed by atoms with Gasteiger partial charge in [0.25, 0.3) is 10.1 Å². The van der Waals surface area contributed by atoms with E-state index in [1.54, 1.807) is 19.3 Å². The molecule has 1 aromatic carbocycles. The van der Waals surface area contributed by atoms with Crippen molar-refractivity contribution in [3.8, 4) is 23.0 Å². The van der Waals surface area contributed by atoms with Crippen molar-refractivity contribution in [3.05, 3.63) is 30.6 Å². The molecule has 0 saturated carbocycles. The Morgan fingerprint density at radius 1 is 1.17 bits per heavy atom. The predicted molar refractivity (Wildman–Crippen MR) is 164 cm³/mol. The van der Waals surface area contributed by atoms with Gasteiger partial charge in [0, 0.05) is 18.6 Å². The molecular formula is C29H44N4O7SSi. The largest absolute Gasteiger partial charge is 0.543 e. The van der Waals surface area contributed by atoms with Crippen LogP contribution in [0.15, 0.2) is 30.6 Å². The second-order valence-electron chi connectivity index (χ2n) is 12.5. The number of nitrogens with zero attached hydrogens (tertiary/aromatic N) is 4. The Hall–Kier alpha value is -2.58. The summed E-state index contributed by atoms with van der Waals surface area (Å²) in [7, 11) is -6.04. The molecule has 0 aliphatic carbocycles. The highest BCUT2D eigenvalue weighted by molar-refractivity contribution is 7.85. The summed E-state index contributed by atoms with van der Waals surface area (Å²) < 4.78 is 57.0. The predicted octanol–water partition coefficient (Wildman–Crippen LogP) is 5.89. The Balaban J connectivity index is 1.51. The van der Waals surface area contributed by atoms with Crippen molar-refractivity contribution in [3.63, 3.8) is 0 Å². The van der Waals surface area contributed by atoms with Gasteiger partial charge in [-0.05, 0) is 67.9 Å². The number of ether oxygens (including phenoxy) is 3. The molecule has 2 aromatic heterocycles. The zero-order chi connectivity index (χ0) is 30.5. The van der Waals surface area contributed by atoms with Crippen LogP contribution in [0, 0.1) is 5.92 Å². The monoisotopic (exact) mass is 620 g/mol. The van der Waals surface area contributed by atoms with Crippen molar-refractivity contribution < 1.29 is 31.6 Å². The normalized spacial score (nSPS) is 17.4. The molecule has 1 aliphatic rings. The van der Waals surface area contributed by atoms with E-state index in [4.69, 9.17) is 33.3 Å². The maximum absolute atomic E-state index is 11.0. The van der Waals surface area contributed by atoms with Gasteiger partial charge in [-0.1, -0.05) is 27.7 Å². The van der Waals surface area contributed by atoms with Gasteiger partial charge in [-0.3, -0.25) is 9.54 Å². The van der Waals surface area contributed by atoms with Crippen LogP contribution in [0.1, 0.15) is 59.6 Å². The molecule has 0 bridgehead atoms. The van der Waals surface area contributed by atoms with Crippen LogP contribution in [0.2, 0.25) is 18.1 Å². The first kappa shape index (κ1) is 32.3. The molecule has 1 aliphatic heterocycles. The van der Waals surface area contributed by atoms with Gasteiger partial charge in [-0.15, -0.1) is 0 Å². The minimum atomic E-state index is -3.98. The van der Waals surface area contributed by atoms with E-state index in [-0.39, 0.29) is 29.5 Å². The topological polar surface area (TPSA) is 135 Å². The molecule has 4 rings (SSSR count). The molecule has 1 fully saturated rings. The Morgan fingerprint density at radius 3 is 2.64 bits per heavy atom. The highest BCUT2D eigenvalue weighted by Crippen LogP contribution is 2.39. The van der Waals surface area contributed by atoms with Crippen molar-refractivity contribution in [1.82, 2.24) is 19.7 Å². The van der Waals surface area contributed by atoms with Crippen LogP contribution in [-0.4, -0.2) is 73.2 Å². The molecule has 2 atom stereocenters. The maximum Gasteiger partial charge on any atom is 0.265 e. The van der Waals surface area contributed by atoms with Crippen molar-refractivity contribution >= 4 is 29.3 Å². The zero-order valence-corrected chi connectivity index (χ0v) is 27.3. The number of benzene rings is 1. The minimum Gasteiger partial charge on any atom is -0.543 e. The highest BCUT2D eigenvalue weighted by atomic mass is 32.2. The molecule has 11 nitrogen and oxygen atoms in total. The van der Waals surface area contributed by atoms with Gasteiger partial charge in [0.1, 0.15) is 23.7 Å². The van der Waals surface area contributed by atoms with Gasteiger partial charge in [0.2, 0.25) is 14.2 Å². The lowest BCUT2D eigenvalue weighted by Crippen LogP contribution is -2.43. The second-order valence-corrected chi connectivity index (χ2v) is 18.7. The van der Waals surface area contributed by atoms with Gasteiger partial charge in [-0.2, -0.15) is 13.5 Å². The van der Waals surface area contributed by atoms with Gasteiger partial charge in [0.05, 0.1) is 30.3 Å². The standard InChI is InChI=1S/C29H44N4O7SSi/c1-21(20-41(34,35)36)12-14-37-15-16-38-26-19-30-18-24(31-26)28-23-17-22(40-42(5,6)29(2,3)4)10-11-25(23)33(32-28)27-9-7-8-13-39-27/h10-11,17-19,21,27H,7-9,12-16,20H2,1-6H3,(H,34,35,36). The summed E-state index contributed by atoms with van der Waals surface area (Å²) in [5, 5.41) is 5.95. The van der Waals surface area contributed by atoms with Crippen LogP contribution in [0.5, 0.6) is 11.6 Å². The van der Waals surface area contributed by atoms with E-state index in [2.05, 4.69) is 38.8 Å². The molecule has 2 unspecified atom stereocenters. The third-order valence-electron chi connectivity index (χ3n) is 7.87. The van der Waals surface area contributed by atoms with Crippen LogP contribution in [0.3, 0.4) is 0 Å². The van der Waals surface area contributed by atoms with E-state index in [1.807, 2.05) is 22.9 Å². The SMILES string of the molecule is CC(CCOCCOc1cncc(-c2nn(C3CCCCO3)c3ccc(O[Si](C)(C)C(C)(C)C)cc23)n1)CS(=O)(=O)O. The summed E-state index contributed by atoms with van der Waals surface area (Å²) in [6, 6.07) is 6.11. The average Bonchev–Trinajstić information content (AvgIpc) is 3.28. The first-order chi connectivity index (χ1) is 19.7. The fourth-order valence-corrected chi connectivity index (χ4v) is 6.43. The third-order valence-corrected chi connectivity index (χ3v) is 13.2. The molecule has 1 N–H and O–H groups in total. The van der Waals surface area contributed by atoms with Crippen LogP contribution in [0.4, 0.5) is 0 Å². The third kappa shape index (κ3) is 8.50. The van der Waals surface area contributed by atoms with E-state index < -0.39 is 18.4 Å². The van der Waals surface area contributed by atoms with Crippen molar-refractivity contribution in [2.24, 2.45) is 5.92 Å². The van der Waals surface area contributed by atoms with E-state index >= 15 is 0 Å². The Kier molecular flexibility index (Phi) is 10.3. The van der Waals surface area contributed by atoms with Crippen molar-refractivity contribution in [2.45, 2.75) is 77.7 Å². The van der Waals surface area contributed by atoms with E-state index in [1.165, 1.54) is 0 Å². The molecule has 232 valence electrons. The highest BCUT2D eigenvalue weighted by Gasteiger charge is 2.39. The van der Waals surface area contributed by atoms with E-state index in [0.717, 1.165) is 35.9 Å². The summed E-state index contributed by atoms with van der Waals surface area (Å²) in [4.78, 5) is 9.06. The summed E-state index contributed by atoms with van der Waals surface area (Å²) in [6.07, 6.45) is 6.61. The molecule has 13 heteroatoms. The minimum absolute atomic E-state index is 0.0596. The first-order valence-electron chi connectivity index (χ1n) is 14.5. The lowest BCUT2D eigenvalue weighted by molar-refractivity contribution is -0.0365. The second kappa shape index (κ2) is 13.4. The number of rotatable bonds is 13. The zero-order valence-electron chi connectivity index (χ0n) is 25.5. The lowest BCUT2D eigenvalue weighted by atomic mass is 10.1. The van der Waals surface area contributed by atoms with E-state index in [0.29, 0.717) is 43.5 Å². The van der Waals surface area contributed by atoms with Crippen molar-refractivity contribution in [2.75, 3.05) is 32.2 Å². The Labute approximate surface area is 249 Å². The van der Waals surface area contributed by atoms with Crippen LogP contribution < -0.4 is 9.16 Å². The van der Waals surface area contributed by atoms with Gasteiger partial charge < -0.3 is 18.6 Å². The number of hydrogen-bond donors (Lipinski definition) is 1. The van der Waals surface area contributed by atoms with E-state index in [9.17, 15) is 8.42 Å². The van der Waals surface area contributed by atoms with Crippen molar-refractivity contribution in [1.29, 1.82) is 0 Å². The number of hydrogen-bond acceptors (Lipinski definition) is 9. The molecule has 3 heterocycles. The van der Waals surface area contributed by atoms with Gasteiger partial charge in [0.15, 0.2) is 6.23 Å². The van der Waals surface area contributed by atoms with Crippen LogP contribution in [-0.2, 0) is 19.6 Å². The summed E-state index contributed by atoms with van der Waals surface area (Å²) >= 11 is 0. The molecular weight excluding hydrogens is 576 g/mol. The number of fused-ring (bicyclic) bond motifs is 1. The maximum atomic E-state index is 11.0. The summed E-state index contributed by atoms with van der Waals surface area (Å²) in [5.41, 5.74) is 2.21. The number of aromatic nitrogens is 4. The molecule has 0 spiro atoms. The van der Waals surface area contributed by atoms with Gasteiger partial charge in [-0.25, -0.2) is 9.67 Å². The molecule has 1 saturated heterocycles. The van der Waals surface area contributed by atoms with Crippen LogP contribution >= 0.6 is 0 Å². The summed E-state index contributed by atoms with van der Waals surface area (Å²) in [5.74, 6) is 0.671. The summed E-state index contributed by atoms with van der Waals surface area (Å²) in [6.45, 7) is 14.5. The first-order valence-corrected chi connectivity index (χ1v) is 19.1. The Morgan fingerprint density at radius 2 is 1.95 bits per heavy atom. The average molecular weight is 621 g/mol. The van der Waals surface area contributed by atoms with Gasteiger partial charge >= 0.3 is 0 Å².